The molecule has 0 N–H and O–H groups in total. The number of benzene rings is 2. The molecule has 2 aromatic carbocycles. The first-order chi connectivity index (χ1) is 15.6. The summed E-state index contributed by atoms with van der Waals surface area (Å²) in [6.07, 6.45) is 10.9. The van der Waals surface area contributed by atoms with Crippen molar-refractivity contribution in [3.05, 3.63) is 71.8 Å². The fraction of sp³-hybridized carbons (Fsp3) is 0.600. The molecule has 0 heterocycles. The third-order valence-electron chi connectivity index (χ3n) is 6.59. The van der Waals surface area contributed by atoms with Crippen molar-refractivity contribution in [2.75, 3.05) is 0 Å². The van der Waals surface area contributed by atoms with Crippen molar-refractivity contribution < 1.29 is 9.47 Å². The van der Waals surface area contributed by atoms with Gasteiger partial charge in [-0.25, -0.2) is 0 Å². The second-order valence-electron chi connectivity index (χ2n) is 9.23. The van der Waals surface area contributed by atoms with E-state index in [1.54, 1.807) is 0 Å². The summed E-state index contributed by atoms with van der Waals surface area (Å²) in [6, 6.07) is 21.5. The van der Waals surface area contributed by atoms with Crippen molar-refractivity contribution >= 4 is 0 Å². The summed E-state index contributed by atoms with van der Waals surface area (Å²) in [5.41, 5.74) is 2.43. The molecular formula is C30H46O2. The van der Waals surface area contributed by atoms with Crippen LogP contribution >= 0.6 is 0 Å². The minimum absolute atomic E-state index is 0.107. The van der Waals surface area contributed by atoms with E-state index in [0.717, 1.165) is 24.8 Å². The molecule has 2 heteroatoms. The van der Waals surface area contributed by atoms with Crippen LogP contribution in [0.1, 0.15) is 109 Å². The normalized spacial score (nSPS) is 16.3. The van der Waals surface area contributed by atoms with Gasteiger partial charge in [0.2, 0.25) is 5.79 Å². The van der Waals surface area contributed by atoms with Crippen LogP contribution in [0, 0.1) is 0 Å². The van der Waals surface area contributed by atoms with Crippen molar-refractivity contribution in [3.8, 4) is 0 Å². The fourth-order valence-corrected chi connectivity index (χ4v) is 4.35. The number of ether oxygens (including phenoxy) is 2. The maximum Gasteiger partial charge on any atom is 0.202 e. The topological polar surface area (TPSA) is 18.5 Å². The first-order valence-electron chi connectivity index (χ1n) is 13.0. The van der Waals surface area contributed by atoms with Gasteiger partial charge in [0.15, 0.2) is 0 Å². The second kappa shape index (κ2) is 14.5. The molecule has 0 aromatic heterocycles. The first kappa shape index (κ1) is 26.6. The van der Waals surface area contributed by atoms with E-state index in [9.17, 15) is 0 Å². The van der Waals surface area contributed by atoms with Crippen LogP contribution in [0.25, 0.3) is 0 Å². The maximum absolute atomic E-state index is 6.94. The van der Waals surface area contributed by atoms with Gasteiger partial charge in [0.05, 0.1) is 12.2 Å². The zero-order valence-corrected chi connectivity index (χ0v) is 21.2. The van der Waals surface area contributed by atoms with E-state index in [1.165, 1.54) is 44.1 Å². The summed E-state index contributed by atoms with van der Waals surface area (Å²) in [7, 11) is 0. The van der Waals surface area contributed by atoms with E-state index in [0.29, 0.717) is 0 Å². The Morgan fingerprint density at radius 3 is 1.69 bits per heavy atom. The number of hydrogen-bond acceptors (Lipinski definition) is 2. The van der Waals surface area contributed by atoms with Crippen molar-refractivity contribution in [1.29, 1.82) is 0 Å². The molecule has 0 saturated carbocycles. The lowest BCUT2D eigenvalue weighted by atomic mass is 9.81. The average Bonchev–Trinajstić information content (AvgIpc) is 2.84. The molecule has 0 aliphatic rings. The molecule has 32 heavy (non-hydrogen) atoms. The molecule has 2 aromatic rings. The minimum atomic E-state index is -0.795. The van der Waals surface area contributed by atoms with Crippen LogP contribution in [-0.2, 0) is 15.3 Å². The molecule has 0 saturated heterocycles. The Hall–Kier alpha value is -1.64. The van der Waals surface area contributed by atoms with Crippen LogP contribution in [0.15, 0.2) is 60.7 Å². The summed E-state index contributed by atoms with van der Waals surface area (Å²) < 4.78 is 13.9. The quantitative estimate of drug-likeness (QED) is 0.192. The Labute approximate surface area is 197 Å². The Balaban J connectivity index is 2.48. The predicted octanol–water partition coefficient (Wildman–Crippen LogP) is 9.00. The molecule has 0 radical (unpaired) electrons. The number of hydrogen-bond donors (Lipinski definition) is 0. The summed E-state index contributed by atoms with van der Waals surface area (Å²) in [5.74, 6) is -0.656. The van der Waals surface area contributed by atoms with E-state index < -0.39 is 5.79 Å². The van der Waals surface area contributed by atoms with Gasteiger partial charge in [-0.15, -0.1) is 0 Å². The molecular weight excluding hydrogens is 392 g/mol. The first-order valence-corrected chi connectivity index (χ1v) is 13.0. The Morgan fingerprint density at radius 1 is 0.656 bits per heavy atom. The van der Waals surface area contributed by atoms with E-state index in [-0.39, 0.29) is 18.1 Å². The molecule has 0 fully saturated rings. The zero-order valence-electron chi connectivity index (χ0n) is 21.2. The summed E-state index contributed by atoms with van der Waals surface area (Å²) >= 11 is 0. The van der Waals surface area contributed by atoms with E-state index in [1.807, 2.05) is 0 Å². The van der Waals surface area contributed by atoms with Gasteiger partial charge >= 0.3 is 0 Å². The third-order valence-corrected chi connectivity index (χ3v) is 6.59. The Kier molecular flexibility index (Phi) is 12.1. The summed E-state index contributed by atoms with van der Waals surface area (Å²) in [4.78, 5) is 0. The summed E-state index contributed by atoms with van der Waals surface area (Å²) in [6.45, 7) is 11.0. The highest BCUT2D eigenvalue weighted by molar-refractivity contribution is 5.30. The van der Waals surface area contributed by atoms with E-state index in [2.05, 4.69) is 95.3 Å². The molecule has 0 aliphatic heterocycles. The molecule has 2 rings (SSSR count). The lowest BCUT2D eigenvalue weighted by Crippen LogP contribution is -2.44. The second-order valence-corrected chi connectivity index (χ2v) is 9.23. The largest absolute Gasteiger partial charge is 0.342 e. The van der Waals surface area contributed by atoms with Gasteiger partial charge in [-0.2, -0.15) is 0 Å². The SMILES string of the molecule is CCCCCCCCC(c1ccccc1)C(OC(C)CC)(OC(C)CC)c1ccccc1. The van der Waals surface area contributed by atoms with Crippen LogP contribution < -0.4 is 0 Å². The average molecular weight is 439 g/mol. The molecule has 178 valence electrons. The van der Waals surface area contributed by atoms with Gasteiger partial charge in [0.25, 0.3) is 0 Å². The van der Waals surface area contributed by atoms with E-state index in [4.69, 9.17) is 9.47 Å². The van der Waals surface area contributed by atoms with Crippen molar-refractivity contribution in [1.82, 2.24) is 0 Å². The standard InChI is InChI=1S/C30H46O2/c1-6-9-10-11-12-19-24-29(27-20-15-13-16-21-27)30(31-25(4)7-2,32-26(5)8-3)28-22-17-14-18-23-28/h13-18,20-23,25-26,29H,6-12,19,24H2,1-5H3. The smallest absolute Gasteiger partial charge is 0.202 e. The van der Waals surface area contributed by atoms with Crippen molar-refractivity contribution in [2.24, 2.45) is 0 Å². The van der Waals surface area contributed by atoms with Crippen LogP contribution in [0.2, 0.25) is 0 Å². The number of unbranched alkanes of at least 4 members (excludes halogenated alkanes) is 5. The Bertz CT molecular complexity index is 700. The van der Waals surface area contributed by atoms with Crippen molar-refractivity contribution in [3.63, 3.8) is 0 Å². The van der Waals surface area contributed by atoms with Crippen LogP contribution in [0.5, 0.6) is 0 Å². The van der Waals surface area contributed by atoms with Gasteiger partial charge in [-0.1, -0.05) is 120 Å². The molecule has 3 atom stereocenters. The molecule has 0 aliphatic carbocycles. The highest BCUT2D eigenvalue weighted by Gasteiger charge is 2.45. The minimum Gasteiger partial charge on any atom is -0.342 e. The molecule has 0 bridgehead atoms. The molecule has 0 spiro atoms. The van der Waals surface area contributed by atoms with Crippen LogP contribution in [0.3, 0.4) is 0 Å². The fourth-order valence-electron chi connectivity index (χ4n) is 4.35. The Morgan fingerprint density at radius 2 is 1.16 bits per heavy atom. The highest BCUT2D eigenvalue weighted by atomic mass is 16.7. The molecule has 2 nitrogen and oxygen atoms in total. The summed E-state index contributed by atoms with van der Waals surface area (Å²) in [5, 5.41) is 0. The lowest BCUT2D eigenvalue weighted by molar-refractivity contribution is -0.298. The zero-order chi connectivity index (χ0) is 23.2. The van der Waals surface area contributed by atoms with Crippen LogP contribution in [0.4, 0.5) is 0 Å². The van der Waals surface area contributed by atoms with Gasteiger partial charge in [-0.05, 0) is 38.7 Å². The molecule has 0 amide bonds. The van der Waals surface area contributed by atoms with Gasteiger partial charge in [0.1, 0.15) is 0 Å². The maximum atomic E-state index is 6.94. The third kappa shape index (κ3) is 7.74. The number of rotatable bonds is 16. The van der Waals surface area contributed by atoms with Gasteiger partial charge < -0.3 is 9.47 Å². The van der Waals surface area contributed by atoms with E-state index >= 15 is 0 Å². The van der Waals surface area contributed by atoms with Gasteiger partial charge in [-0.3, -0.25) is 0 Å². The van der Waals surface area contributed by atoms with Crippen molar-refractivity contribution in [2.45, 2.75) is 116 Å². The van der Waals surface area contributed by atoms with Crippen LogP contribution in [-0.4, -0.2) is 12.2 Å². The monoisotopic (exact) mass is 438 g/mol. The highest BCUT2D eigenvalue weighted by Crippen LogP contribution is 2.46. The van der Waals surface area contributed by atoms with Gasteiger partial charge in [0, 0.05) is 11.5 Å². The molecule has 3 unspecified atom stereocenters. The predicted molar refractivity (Wildman–Crippen MR) is 137 cm³/mol. The lowest BCUT2D eigenvalue weighted by Gasteiger charge is -2.44.